The van der Waals surface area contributed by atoms with Crippen molar-refractivity contribution < 1.29 is 0 Å². The third-order valence-corrected chi connectivity index (χ3v) is 6.53. The number of nitrogens with one attached hydrogen (secondary N) is 3. The minimum absolute atomic E-state index is 0.334. The molecule has 35 heavy (non-hydrogen) atoms. The highest BCUT2D eigenvalue weighted by Gasteiger charge is 2.20. The summed E-state index contributed by atoms with van der Waals surface area (Å²) in [4.78, 5) is 22.1. The van der Waals surface area contributed by atoms with Crippen molar-refractivity contribution in [2.75, 3.05) is 43.4 Å². The molecule has 9 heteroatoms. The molecule has 178 valence electrons. The molecule has 0 amide bonds. The molecule has 3 N–H and O–H groups in total. The number of pyridine rings is 3. The number of aromatic amines is 2. The van der Waals surface area contributed by atoms with Crippen LogP contribution in [0.4, 0.5) is 11.5 Å². The van der Waals surface area contributed by atoms with Crippen LogP contribution in [0.5, 0.6) is 0 Å². The second-order valence-corrected chi connectivity index (χ2v) is 9.52. The first-order valence-electron chi connectivity index (χ1n) is 12.0. The summed E-state index contributed by atoms with van der Waals surface area (Å²) in [5.74, 6) is 1.03. The molecule has 1 fully saturated rings. The molecular weight excluding hydrogens is 438 g/mol. The van der Waals surface area contributed by atoms with Crippen LogP contribution >= 0.6 is 0 Å². The Balaban J connectivity index is 1.39. The van der Waals surface area contributed by atoms with Crippen LogP contribution in [-0.4, -0.2) is 74.3 Å². The van der Waals surface area contributed by atoms with E-state index in [-0.39, 0.29) is 0 Å². The summed E-state index contributed by atoms with van der Waals surface area (Å²) in [6.07, 6.45) is 7.45. The van der Waals surface area contributed by atoms with E-state index in [1.54, 1.807) is 0 Å². The Labute approximate surface area is 203 Å². The molecule has 0 atom stereocenters. The second-order valence-electron chi connectivity index (χ2n) is 9.52. The van der Waals surface area contributed by atoms with Gasteiger partial charge >= 0.3 is 0 Å². The van der Waals surface area contributed by atoms with Crippen molar-refractivity contribution in [3.8, 4) is 22.5 Å². The summed E-state index contributed by atoms with van der Waals surface area (Å²) in [5, 5.41) is 13.2. The van der Waals surface area contributed by atoms with Gasteiger partial charge in [0.15, 0.2) is 5.65 Å². The smallest absolute Gasteiger partial charge is 0.155 e. The van der Waals surface area contributed by atoms with Crippen LogP contribution in [0.15, 0.2) is 49.1 Å². The minimum atomic E-state index is 0.334. The largest absolute Gasteiger partial charge is 0.382 e. The highest BCUT2D eigenvalue weighted by molar-refractivity contribution is 5.99. The molecule has 1 aliphatic heterocycles. The molecule has 1 aliphatic rings. The van der Waals surface area contributed by atoms with Crippen LogP contribution in [0.25, 0.3) is 44.5 Å². The molecule has 0 bridgehead atoms. The molecule has 5 aromatic rings. The Hall–Kier alpha value is -3.98. The Morgan fingerprint density at radius 1 is 0.943 bits per heavy atom. The van der Waals surface area contributed by atoms with Gasteiger partial charge in [0.05, 0.1) is 16.9 Å². The van der Waals surface area contributed by atoms with Crippen molar-refractivity contribution in [3.05, 3.63) is 49.1 Å². The maximum atomic E-state index is 4.73. The molecule has 0 spiro atoms. The third-order valence-electron chi connectivity index (χ3n) is 6.53. The average Bonchev–Trinajstić information content (AvgIpc) is 3.48. The van der Waals surface area contributed by atoms with Crippen molar-refractivity contribution in [2.24, 2.45) is 0 Å². The van der Waals surface area contributed by atoms with Crippen molar-refractivity contribution in [1.82, 2.24) is 35.0 Å². The summed E-state index contributed by atoms with van der Waals surface area (Å²) in [5.41, 5.74) is 6.60. The molecule has 0 radical (unpaired) electrons. The van der Waals surface area contributed by atoms with Crippen molar-refractivity contribution in [2.45, 2.75) is 19.9 Å². The van der Waals surface area contributed by atoms with Gasteiger partial charge in [-0.1, -0.05) is 0 Å². The predicted octanol–water partition coefficient (Wildman–Crippen LogP) is 4.14. The summed E-state index contributed by atoms with van der Waals surface area (Å²) in [6, 6.07) is 8.75. The van der Waals surface area contributed by atoms with Gasteiger partial charge in [0.25, 0.3) is 0 Å². The Kier molecular flexibility index (Phi) is 5.33. The standard InChI is InChI=1S/C26H29N9/c1-16(2)30-19-10-17(13-27-15-19)18-11-21-24(32-33-25(21)29-14-18)23-12-20-22(31-23)4-5-28-26(20)35-8-6-34(3)7-9-35/h4-5,10-16,30-31H,6-9H2,1-3H3,(H,29,32,33). The van der Waals surface area contributed by atoms with E-state index in [1.807, 2.05) is 30.9 Å². The van der Waals surface area contributed by atoms with E-state index < -0.39 is 0 Å². The van der Waals surface area contributed by atoms with E-state index in [0.717, 1.165) is 82.1 Å². The topological polar surface area (TPSA) is 102 Å². The zero-order valence-electron chi connectivity index (χ0n) is 20.2. The van der Waals surface area contributed by atoms with Gasteiger partial charge in [-0.05, 0) is 45.2 Å². The Bertz CT molecular complexity index is 1490. The fourth-order valence-electron chi connectivity index (χ4n) is 4.71. The number of likely N-dealkylation sites (N-methyl/N-ethyl adjacent to an activating group) is 1. The van der Waals surface area contributed by atoms with E-state index in [9.17, 15) is 0 Å². The molecule has 0 aliphatic carbocycles. The van der Waals surface area contributed by atoms with Gasteiger partial charge in [-0.25, -0.2) is 9.97 Å². The number of aromatic nitrogens is 6. The summed E-state index contributed by atoms with van der Waals surface area (Å²) >= 11 is 0. The molecule has 1 saturated heterocycles. The number of H-pyrrole nitrogens is 2. The second kappa shape index (κ2) is 8.66. The van der Waals surface area contributed by atoms with Crippen LogP contribution in [-0.2, 0) is 0 Å². The zero-order chi connectivity index (χ0) is 23.9. The quantitative estimate of drug-likeness (QED) is 0.357. The first-order valence-corrected chi connectivity index (χ1v) is 12.0. The molecule has 0 aromatic carbocycles. The lowest BCUT2D eigenvalue weighted by Gasteiger charge is -2.33. The lowest BCUT2D eigenvalue weighted by molar-refractivity contribution is 0.312. The normalized spacial score (nSPS) is 14.9. The number of piperazine rings is 1. The highest BCUT2D eigenvalue weighted by atomic mass is 15.3. The molecule has 6 rings (SSSR count). The van der Waals surface area contributed by atoms with E-state index in [0.29, 0.717) is 6.04 Å². The van der Waals surface area contributed by atoms with Gasteiger partial charge in [0.1, 0.15) is 11.5 Å². The number of hydrogen-bond donors (Lipinski definition) is 3. The number of fused-ring (bicyclic) bond motifs is 2. The van der Waals surface area contributed by atoms with Crippen molar-refractivity contribution >= 4 is 33.4 Å². The van der Waals surface area contributed by atoms with E-state index >= 15 is 0 Å². The van der Waals surface area contributed by atoms with Crippen LogP contribution in [0.3, 0.4) is 0 Å². The summed E-state index contributed by atoms with van der Waals surface area (Å²) in [7, 11) is 2.16. The van der Waals surface area contributed by atoms with E-state index in [2.05, 4.69) is 79.4 Å². The number of hydrogen-bond acceptors (Lipinski definition) is 7. The monoisotopic (exact) mass is 467 g/mol. The maximum Gasteiger partial charge on any atom is 0.155 e. The SMILES string of the molecule is CC(C)Nc1cncc(-c2cnc3[nH]nc(-c4cc5c(N6CCN(C)CC6)nccc5[nH]4)c3c2)c1. The molecule has 6 heterocycles. The van der Waals surface area contributed by atoms with Gasteiger partial charge in [0.2, 0.25) is 0 Å². The first kappa shape index (κ1) is 21.5. The van der Waals surface area contributed by atoms with Gasteiger partial charge in [0, 0.05) is 78.9 Å². The van der Waals surface area contributed by atoms with Gasteiger partial charge in [-0.3, -0.25) is 10.1 Å². The Morgan fingerprint density at radius 3 is 2.60 bits per heavy atom. The van der Waals surface area contributed by atoms with Crippen LogP contribution < -0.4 is 10.2 Å². The molecular formula is C26H29N9. The van der Waals surface area contributed by atoms with E-state index in [1.165, 1.54) is 0 Å². The molecule has 0 unspecified atom stereocenters. The summed E-state index contributed by atoms with van der Waals surface area (Å²) in [6.45, 7) is 8.25. The molecule has 9 nitrogen and oxygen atoms in total. The predicted molar refractivity (Wildman–Crippen MR) is 141 cm³/mol. The highest BCUT2D eigenvalue weighted by Crippen LogP contribution is 2.33. The number of nitrogens with zero attached hydrogens (tertiary/aromatic N) is 6. The Morgan fingerprint density at radius 2 is 1.77 bits per heavy atom. The van der Waals surface area contributed by atoms with Crippen molar-refractivity contribution in [1.29, 1.82) is 0 Å². The first-order chi connectivity index (χ1) is 17.0. The third kappa shape index (κ3) is 4.08. The van der Waals surface area contributed by atoms with Gasteiger partial charge in [-0.15, -0.1) is 0 Å². The van der Waals surface area contributed by atoms with Crippen LogP contribution in [0.2, 0.25) is 0 Å². The number of rotatable bonds is 5. The van der Waals surface area contributed by atoms with Gasteiger partial charge in [-0.2, -0.15) is 5.10 Å². The molecule has 0 saturated carbocycles. The van der Waals surface area contributed by atoms with Crippen LogP contribution in [0, 0.1) is 0 Å². The van der Waals surface area contributed by atoms with E-state index in [4.69, 9.17) is 4.98 Å². The summed E-state index contributed by atoms with van der Waals surface area (Å²) < 4.78 is 0. The minimum Gasteiger partial charge on any atom is -0.382 e. The fraction of sp³-hybridized carbons (Fsp3) is 0.308. The molecule has 5 aromatic heterocycles. The lowest BCUT2D eigenvalue weighted by Crippen LogP contribution is -2.44. The average molecular weight is 468 g/mol. The number of anilines is 2. The zero-order valence-corrected chi connectivity index (χ0v) is 20.2. The van der Waals surface area contributed by atoms with Crippen LogP contribution in [0.1, 0.15) is 13.8 Å². The fourth-order valence-corrected chi connectivity index (χ4v) is 4.71. The van der Waals surface area contributed by atoms with Crippen molar-refractivity contribution in [3.63, 3.8) is 0 Å². The van der Waals surface area contributed by atoms with Gasteiger partial charge < -0.3 is 20.1 Å². The lowest BCUT2D eigenvalue weighted by atomic mass is 10.1. The maximum absolute atomic E-state index is 4.73.